The van der Waals surface area contributed by atoms with Crippen molar-refractivity contribution in [1.29, 1.82) is 0 Å². The number of nitrogens with zero attached hydrogens (tertiary/aromatic N) is 4. The zero-order chi connectivity index (χ0) is 23.7. The van der Waals surface area contributed by atoms with E-state index in [1.54, 1.807) is 23.7 Å². The second kappa shape index (κ2) is 8.64. The van der Waals surface area contributed by atoms with Crippen molar-refractivity contribution in [2.45, 2.75) is 25.3 Å². The van der Waals surface area contributed by atoms with Gasteiger partial charge in [0.1, 0.15) is 21.9 Å². The molecule has 34 heavy (non-hydrogen) atoms. The van der Waals surface area contributed by atoms with E-state index in [1.807, 2.05) is 61.5 Å². The van der Waals surface area contributed by atoms with E-state index in [4.69, 9.17) is 9.37 Å². The second-order valence-electron chi connectivity index (χ2n) is 7.76. The Morgan fingerprint density at radius 3 is 2.53 bits per heavy atom. The average molecular weight is 476 g/mol. The summed E-state index contributed by atoms with van der Waals surface area (Å²) in [5.41, 5.74) is 3.17. The van der Waals surface area contributed by atoms with E-state index >= 15 is 0 Å². The van der Waals surface area contributed by atoms with Crippen LogP contribution >= 0.6 is 0 Å². The predicted octanol–water partition coefficient (Wildman–Crippen LogP) is 4.68. The number of nitrogens with one attached hydrogen (secondary N) is 1. The molecule has 0 saturated heterocycles. The van der Waals surface area contributed by atoms with Crippen LogP contribution in [0.2, 0.25) is 0 Å². The van der Waals surface area contributed by atoms with Gasteiger partial charge in [-0.15, -0.1) is 0 Å². The van der Waals surface area contributed by atoms with E-state index in [9.17, 15) is 8.42 Å². The molecule has 0 radical (unpaired) electrons. The molecule has 9 nitrogen and oxygen atoms in total. The molecule has 0 saturated carbocycles. The Balaban J connectivity index is 1.40. The Labute approximate surface area is 196 Å². The number of sulfonamides is 1. The summed E-state index contributed by atoms with van der Waals surface area (Å²) in [5, 5.41) is 12.0. The molecule has 0 spiro atoms. The lowest BCUT2D eigenvalue weighted by molar-refractivity contribution is 0.315. The van der Waals surface area contributed by atoms with Crippen LogP contribution in [0.15, 0.2) is 82.3 Å². The van der Waals surface area contributed by atoms with Gasteiger partial charge in [-0.3, -0.25) is 9.40 Å². The van der Waals surface area contributed by atoms with Gasteiger partial charge in [-0.25, -0.2) is 13.0 Å². The molecular weight excluding hydrogens is 454 g/mol. The highest BCUT2D eigenvalue weighted by Crippen LogP contribution is 2.27. The highest BCUT2D eigenvalue weighted by Gasteiger charge is 2.24. The Hall–Kier alpha value is -4.18. The Kier molecular flexibility index (Phi) is 5.50. The van der Waals surface area contributed by atoms with Crippen LogP contribution in [-0.4, -0.2) is 28.5 Å². The van der Waals surface area contributed by atoms with Gasteiger partial charge in [-0.05, 0) is 66.1 Å². The molecule has 0 bridgehead atoms. The standard InChI is InChI=1S/C24H21N5O4S/c1-16-23(28-34(30,31)22-13-7-12-21-24(22)27-33-26-21)17(2)29(25-16)15-18-8-6-11-20(14-18)32-19-9-4-3-5-10-19/h3-14,28H,15H2,1-2H3. The summed E-state index contributed by atoms with van der Waals surface area (Å²) >= 11 is 0. The molecule has 0 aliphatic heterocycles. The van der Waals surface area contributed by atoms with Gasteiger partial charge >= 0.3 is 0 Å². The largest absolute Gasteiger partial charge is 0.457 e. The van der Waals surface area contributed by atoms with E-state index in [2.05, 4.69) is 20.1 Å². The van der Waals surface area contributed by atoms with E-state index in [0.29, 0.717) is 34.9 Å². The van der Waals surface area contributed by atoms with Crippen molar-refractivity contribution < 1.29 is 17.8 Å². The molecule has 5 rings (SSSR count). The minimum atomic E-state index is -3.94. The van der Waals surface area contributed by atoms with Gasteiger partial charge in [0.25, 0.3) is 10.0 Å². The third kappa shape index (κ3) is 4.23. The van der Waals surface area contributed by atoms with Crippen molar-refractivity contribution in [3.8, 4) is 11.5 Å². The lowest BCUT2D eigenvalue weighted by Gasteiger charge is -2.10. The van der Waals surface area contributed by atoms with Gasteiger partial charge in [0.15, 0.2) is 5.52 Å². The number of benzene rings is 3. The highest BCUT2D eigenvalue weighted by atomic mass is 32.2. The maximum atomic E-state index is 13.1. The van der Waals surface area contributed by atoms with Crippen molar-refractivity contribution >= 4 is 26.7 Å². The third-order valence-corrected chi connectivity index (χ3v) is 6.75. The van der Waals surface area contributed by atoms with Crippen molar-refractivity contribution in [2.24, 2.45) is 0 Å². The van der Waals surface area contributed by atoms with Crippen molar-refractivity contribution in [3.05, 3.63) is 89.7 Å². The SMILES string of the molecule is Cc1nn(Cc2cccc(Oc3ccccc3)c2)c(C)c1NS(=O)(=O)c1cccc2nonc12. The highest BCUT2D eigenvalue weighted by molar-refractivity contribution is 7.93. The fourth-order valence-corrected chi connectivity index (χ4v) is 5.02. The van der Waals surface area contributed by atoms with Gasteiger partial charge in [0.05, 0.1) is 23.6 Å². The number of rotatable bonds is 7. The van der Waals surface area contributed by atoms with E-state index in [-0.39, 0.29) is 10.4 Å². The zero-order valence-corrected chi connectivity index (χ0v) is 19.3. The summed E-state index contributed by atoms with van der Waals surface area (Å²) in [5.74, 6) is 1.46. The van der Waals surface area contributed by atoms with Crippen LogP contribution < -0.4 is 9.46 Å². The van der Waals surface area contributed by atoms with Crippen molar-refractivity contribution in [2.75, 3.05) is 4.72 Å². The molecule has 172 valence electrons. The van der Waals surface area contributed by atoms with Crippen LogP contribution in [0.4, 0.5) is 5.69 Å². The summed E-state index contributed by atoms with van der Waals surface area (Å²) in [6.07, 6.45) is 0. The van der Waals surface area contributed by atoms with Gasteiger partial charge in [-0.2, -0.15) is 5.10 Å². The van der Waals surface area contributed by atoms with Crippen LogP contribution in [-0.2, 0) is 16.6 Å². The average Bonchev–Trinajstić information content (AvgIpc) is 3.40. The molecule has 1 N–H and O–H groups in total. The van der Waals surface area contributed by atoms with E-state index in [1.165, 1.54) is 6.07 Å². The monoisotopic (exact) mass is 475 g/mol. The lowest BCUT2D eigenvalue weighted by Crippen LogP contribution is -2.15. The van der Waals surface area contributed by atoms with Gasteiger partial charge < -0.3 is 4.74 Å². The maximum absolute atomic E-state index is 13.1. The zero-order valence-electron chi connectivity index (χ0n) is 18.5. The first-order valence-electron chi connectivity index (χ1n) is 10.5. The molecule has 3 aromatic carbocycles. The normalized spacial score (nSPS) is 11.6. The van der Waals surface area contributed by atoms with Crippen LogP contribution in [0.3, 0.4) is 0 Å². The molecule has 10 heteroatoms. The Bertz CT molecular complexity index is 1580. The topological polar surface area (TPSA) is 112 Å². The van der Waals surface area contributed by atoms with Crippen LogP contribution in [0.5, 0.6) is 11.5 Å². The summed E-state index contributed by atoms with van der Waals surface area (Å²) < 4.78 is 41.3. The predicted molar refractivity (Wildman–Crippen MR) is 126 cm³/mol. The van der Waals surface area contributed by atoms with Gasteiger partial charge in [0, 0.05) is 0 Å². The molecule has 0 amide bonds. The Morgan fingerprint density at radius 1 is 0.941 bits per heavy atom. The molecule has 2 heterocycles. The molecule has 5 aromatic rings. The van der Waals surface area contributed by atoms with Crippen molar-refractivity contribution in [3.63, 3.8) is 0 Å². The van der Waals surface area contributed by atoms with Gasteiger partial charge in [0.2, 0.25) is 0 Å². The fraction of sp³-hybridized carbons (Fsp3) is 0.125. The maximum Gasteiger partial charge on any atom is 0.264 e. The number of aromatic nitrogens is 4. The lowest BCUT2D eigenvalue weighted by atomic mass is 10.2. The number of fused-ring (bicyclic) bond motifs is 1. The third-order valence-electron chi connectivity index (χ3n) is 5.37. The molecule has 0 aliphatic carbocycles. The minimum Gasteiger partial charge on any atom is -0.457 e. The molecule has 0 fully saturated rings. The molecule has 2 aromatic heterocycles. The molecule has 0 unspecified atom stereocenters. The minimum absolute atomic E-state index is 0.0106. The summed E-state index contributed by atoms with van der Waals surface area (Å²) in [7, 11) is -3.94. The summed E-state index contributed by atoms with van der Waals surface area (Å²) in [6, 6.07) is 21.9. The second-order valence-corrected chi connectivity index (χ2v) is 9.41. The number of aryl methyl sites for hydroxylation is 1. The first-order chi connectivity index (χ1) is 16.4. The smallest absolute Gasteiger partial charge is 0.264 e. The first-order valence-corrected chi connectivity index (χ1v) is 12.0. The number of hydrogen-bond acceptors (Lipinski definition) is 7. The number of anilines is 1. The van der Waals surface area contributed by atoms with Crippen LogP contribution in [0, 0.1) is 13.8 Å². The van der Waals surface area contributed by atoms with Crippen molar-refractivity contribution in [1.82, 2.24) is 20.1 Å². The van der Waals surface area contributed by atoms with Gasteiger partial charge in [-0.1, -0.05) is 36.4 Å². The molecule has 0 aliphatic rings. The molecular formula is C24H21N5O4S. The number of hydrogen-bond donors (Lipinski definition) is 1. The summed E-state index contributed by atoms with van der Waals surface area (Å²) in [6.45, 7) is 4.03. The fourth-order valence-electron chi connectivity index (χ4n) is 3.69. The van der Waals surface area contributed by atoms with Crippen LogP contribution in [0.25, 0.3) is 11.0 Å². The van der Waals surface area contributed by atoms with E-state index < -0.39 is 10.0 Å². The first kappa shape index (κ1) is 21.7. The quantitative estimate of drug-likeness (QED) is 0.364. The number of para-hydroxylation sites is 1. The van der Waals surface area contributed by atoms with E-state index in [0.717, 1.165) is 11.3 Å². The summed E-state index contributed by atoms with van der Waals surface area (Å²) in [4.78, 5) is -0.0106. The van der Waals surface area contributed by atoms with Crippen LogP contribution in [0.1, 0.15) is 17.0 Å². The molecule has 0 atom stereocenters. The number of ether oxygens (including phenoxy) is 1. The Morgan fingerprint density at radius 2 is 1.71 bits per heavy atom.